The van der Waals surface area contributed by atoms with Crippen molar-refractivity contribution in [3.05, 3.63) is 95.6 Å². The first kappa shape index (κ1) is 23.5. The summed E-state index contributed by atoms with van der Waals surface area (Å²) in [5.41, 5.74) is 3.03. The van der Waals surface area contributed by atoms with Crippen LogP contribution in [0.4, 0.5) is 5.69 Å². The Bertz CT molecular complexity index is 1110. The number of hydrogen-bond acceptors (Lipinski definition) is 4. The lowest BCUT2D eigenvalue weighted by molar-refractivity contribution is 0.0942. The van der Waals surface area contributed by atoms with Gasteiger partial charge in [0.2, 0.25) is 0 Å². The molecule has 1 amide bonds. The molecule has 2 N–H and O–H groups in total. The third kappa shape index (κ3) is 7.21. The van der Waals surface area contributed by atoms with Gasteiger partial charge >= 0.3 is 0 Å². The molecule has 0 aliphatic carbocycles. The molecule has 0 aliphatic heterocycles. The van der Waals surface area contributed by atoms with Crippen LogP contribution in [-0.2, 0) is 21.2 Å². The minimum Gasteiger partial charge on any atom is -0.381 e. The monoisotopic (exact) mass is 452 g/mol. The fourth-order valence-corrected chi connectivity index (χ4v) is 4.16. The van der Waals surface area contributed by atoms with Crippen LogP contribution < -0.4 is 10.0 Å². The van der Waals surface area contributed by atoms with Crippen molar-refractivity contribution in [3.8, 4) is 0 Å². The summed E-state index contributed by atoms with van der Waals surface area (Å²) in [6.45, 7) is 3.55. The van der Waals surface area contributed by atoms with Gasteiger partial charge in [-0.3, -0.25) is 9.52 Å². The lowest BCUT2D eigenvalue weighted by Gasteiger charge is -2.10. The topological polar surface area (TPSA) is 84.5 Å². The van der Waals surface area contributed by atoms with E-state index in [0.29, 0.717) is 37.4 Å². The maximum atomic E-state index is 12.7. The van der Waals surface area contributed by atoms with E-state index in [9.17, 15) is 13.2 Å². The van der Waals surface area contributed by atoms with Crippen LogP contribution in [0.5, 0.6) is 0 Å². The summed E-state index contributed by atoms with van der Waals surface area (Å²) in [4.78, 5) is 12.5. The van der Waals surface area contributed by atoms with E-state index in [2.05, 4.69) is 22.2 Å². The Balaban J connectivity index is 1.44. The molecule has 32 heavy (non-hydrogen) atoms. The van der Waals surface area contributed by atoms with Crippen LogP contribution in [0.3, 0.4) is 0 Å². The molecule has 0 fully saturated rings. The van der Waals surface area contributed by atoms with Crippen LogP contribution >= 0.6 is 0 Å². The first-order valence-corrected chi connectivity index (χ1v) is 12.0. The molecule has 0 bridgehead atoms. The van der Waals surface area contributed by atoms with Gasteiger partial charge < -0.3 is 10.1 Å². The van der Waals surface area contributed by atoms with Crippen LogP contribution in [-0.4, -0.2) is 34.1 Å². The second-order valence-corrected chi connectivity index (χ2v) is 9.14. The number of carbonyl (C=O) groups excluding carboxylic acids is 1. The molecule has 6 nitrogen and oxygen atoms in total. The Morgan fingerprint density at radius 1 is 0.906 bits per heavy atom. The van der Waals surface area contributed by atoms with Crippen molar-refractivity contribution >= 4 is 21.6 Å². The molecule has 168 valence electrons. The van der Waals surface area contributed by atoms with Crippen molar-refractivity contribution in [2.75, 3.05) is 24.5 Å². The van der Waals surface area contributed by atoms with Gasteiger partial charge in [0.15, 0.2) is 0 Å². The molecular weight excluding hydrogens is 424 g/mol. The number of ether oxygens (including phenoxy) is 1. The highest BCUT2D eigenvalue weighted by atomic mass is 32.2. The zero-order chi connectivity index (χ0) is 22.8. The highest BCUT2D eigenvalue weighted by Gasteiger charge is 2.16. The van der Waals surface area contributed by atoms with E-state index in [0.717, 1.165) is 12.0 Å². The van der Waals surface area contributed by atoms with Crippen molar-refractivity contribution in [2.45, 2.75) is 24.7 Å². The quantitative estimate of drug-likeness (QED) is 0.428. The maximum absolute atomic E-state index is 12.7. The molecule has 3 rings (SSSR count). The lowest BCUT2D eigenvalue weighted by atomic mass is 10.2. The summed E-state index contributed by atoms with van der Waals surface area (Å²) >= 11 is 0. The standard InChI is InChI=1S/C25H28N2O4S/c1-20-11-13-23(14-12-20)27-32(29,30)24-10-5-9-22(19-24)25(28)26-16-6-17-31-18-15-21-7-3-2-4-8-21/h2-5,7-14,19,27H,6,15-18H2,1H3,(H,26,28). The van der Waals surface area contributed by atoms with Gasteiger partial charge in [-0.15, -0.1) is 0 Å². The summed E-state index contributed by atoms with van der Waals surface area (Å²) in [6.07, 6.45) is 1.53. The molecule has 7 heteroatoms. The summed E-state index contributed by atoms with van der Waals surface area (Å²) < 4.78 is 33.5. The molecule has 0 heterocycles. The number of anilines is 1. The largest absolute Gasteiger partial charge is 0.381 e. The van der Waals surface area contributed by atoms with E-state index < -0.39 is 10.0 Å². The minimum atomic E-state index is -3.79. The molecule has 0 unspecified atom stereocenters. The molecule has 0 aromatic heterocycles. The molecule has 0 saturated carbocycles. The van der Waals surface area contributed by atoms with Gasteiger partial charge in [-0.05, 0) is 55.7 Å². The fourth-order valence-electron chi connectivity index (χ4n) is 3.06. The summed E-state index contributed by atoms with van der Waals surface area (Å²) in [5.74, 6) is -0.318. The Hall–Kier alpha value is -3.16. The van der Waals surface area contributed by atoms with Crippen LogP contribution in [0.25, 0.3) is 0 Å². The van der Waals surface area contributed by atoms with Gasteiger partial charge in [-0.2, -0.15) is 0 Å². The zero-order valence-corrected chi connectivity index (χ0v) is 18.9. The van der Waals surface area contributed by atoms with Gasteiger partial charge in [0.25, 0.3) is 15.9 Å². The maximum Gasteiger partial charge on any atom is 0.261 e. The number of sulfonamides is 1. The molecule has 3 aromatic rings. The number of benzene rings is 3. The second-order valence-electron chi connectivity index (χ2n) is 7.46. The molecule has 0 aliphatic rings. The molecule has 0 saturated heterocycles. The Morgan fingerprint density at radius 2 is 1.66 bits per heavy atom. The number of amides is 1. The second kappa shape index (κ2) is 11.5. The van der Waals surface area contributed by atoms with Crippen LogP contribution in [0.15, 0.2) is 83.8 Å². The van der Waals surface area contributed by atoms with Gasteiger partial charge in [0.05, 0.1) is 11.5 Å². The van der Waals surface area contributed by atoms with Crippen molar-refractivity contribution in [1.29, 1.82) is 0 Å². The van der Waals surface area contributed by atoms with E-state index in [1.54, 1.807) is 24.3 Å². The Kier molecular flexibility index (Phi) is 8.41. The van der Waals surface area contributed by atoms with Crippen molar-refractivity contribution in [1.82, 2.24) is 5.32 Å². The van der Waals surface area contributed by atoms with Crippen LogP contribution in [0.2, 0.25) is 0 Å². The highest BCUT2D eigenvalue weighted by Crippen LogP contribution is 2.17. The normalized spacial score (nSPS) is 11.2. The number of hydrogen-bond donors (Lipinski definition) is 2. The molecule has 0 spiro atoms. The molecule has 0 radical (unpaired) electrons. The van der Waals surface area contributed by atoms with E-state index in [1.165, 1.54) is 17.7 Å². The van der Waals surface area contributed by atoms with Crippen molar-refractivity contribution in [3.63, 3.8) is 0 Å². The molecular formula is C25H28N2O4S. The van der Waals surface area contributed by atoms with Crippen molar-refractivity contribution in [2.24, 2.45) is 0 Å². The fraction of sp³-hybridized carbons (Fsp3) is 0.240. The van der Waals surface area contributed by atoms with Gasteiger partial charge in [-0.25, -0.2) is 8.42 Å². The minimum absolute atomic E-state index is 0.0370. The van der Waals surface area contributed by atoms with Gasteiger partial charge in [0, 0.05) is 24.4 Å². The van der Waals surface area contributed by atoms with E-state index in [1.807, 2.05) is 37.3 Å². The third-order valence-electron chi connectivity index (χ3n) is 4.84. The van der Waals surface area contributed by atoms with E-state index in [4.69, 9.17) is 4.74 Å². The number of carbonyl (C=O) groups is 1. The first-order valence-electron chi connectivity index (χ1n) is 10.5. The average Bonchev–Trinajstić information content (AvgIpc) is 2.80. The number of aryl methyl sites for hydroxylation is 1. The summed E-state index contributed by atoms with van der Waals surface area (Å²) in [7, 11) is -3.79. The van der Waals surface area contributed by atoms with Crippen molar-refractivity contribution < 1.29 is 17.9 Å². The number of rotatable bonds is 11. The zero-order valence-electron chi connectivity index (χ0n) is 18.1. The lowest BCUT2D eigenvalue weighted by Crippen LogP contribution is -2.25. The van der Waals surface area contributed by atoms with E-state index in [-0.39, 0.29) is 10.8 Å². The Labute approximate surface area is 189 Å². The number of nitrogens with one attached hydrogen (secondary N) is 2. The first-order chi connectivity index (χ1) is 15.4. The Morgan fingerprint density at radius 3 is 2.41 bits per heavy atom. The predicted octanol–water partition coefficient (Wildman–Crippen LogP) is 4.18. The van der Waals surface area contributed by atoms with Crippen LogP contribution in [0.1, 0.15) is 27.9 Å². The third-order valence-corrected chi connectivity index (χ3v) is 6.22. The smallest absolute Gasteiger partial charge is 0.261 e. The van der Waals surface area contributed by atoms with Crippen LogP contribution in [0, 0.1) is 6.92 Å². The molecule has 3 aromatic carbocycles. The van der Waals surface area contributed by atoms with Gasteiger partial charge in [-0.1, -0.05) is 54.1 Å². The highest BCUT2D eigenvalue weighted by molar-refractivity contribution is 7.92. The molecule has 0 atom stereocenters. The average molecular weight is 453 g/mol. The summed E-state index contributed by atoms with van der Waals surface area (Å²) in [6, 6.07) is 23.2. The van der Waals surface area contributed by atoms with E-state index >= 15 is 0 Å². The summed E-state index contributed by atoms with van der Waals surface area (Å²) in [5, 5.41) is 2.81. The SMILES string of the molecule is Cc1ccc(NS(=O)(=O)c2cccc(C(=O)NCCCOCCc3ccccc3)c2)cc1. The van der Waals surface area contributed by atoms with Gasteiger partial charge in [0.1, 0.15) is 0 Å². The predicted molar refractivity (Wildman–Crippen MR) is 126 cm³/mol.